The van der Waals surface area contributed by atoms with Gasteiger partial charge in [-0.05, 0) is 19.1 Å². The molecule has 1 fully saturated rings. The molecule has 0 saturated carbocycles. The minimum absolute atomic E-state index is 0.246. The highest BCUT2D eigenvalue weighted by Gasteiger charge is 2.19. The van der Waals surface area contributed by atoms with Crippen LogP contribution in [0.3, 0.4) is 0 Å². The van der Waals surface area contributed by atoms with Crippen molar-refractivity contribution in [2.24, 2.45) is 0 Å². The molecule has 1 aliphatic heterocycles. The van der Waals surface area contributed by atoms with Crippen LogP contribution in [0.1, 0.15) is 11.3 Å². The Balaban J connectivity index is 1.55. The highest BCUT2D eigenvalue weighted by Crippen LogP contribution is 2.15. The van der Waals surface area contributed by atoms with Crippen LogP contribution in [0.4, 0.5) is 0 Å². The molecule has 0 radical (unpaired) electrons. The summed E-state index contributed by atoms with van der Waals surface area (Å²) < 4.78 is 24.5. The van der Waals surface area contributed by atoms with Crippen molar-refractivity contribution in [3.63, 3.8) is 0 Å². The first-order valence-electron chi connectivity index (χ1n) is 8.64. The van der Waals surface area contributed by atoms with Gasteiger partial charge in [0.05, 0.1) is 17.1 Å². The molecule has 0 atom stereocenters. The van der Waals surface area contributed by atoms with E-state index in [1.54, 1.807) is 0 Å². The standard InChI is InChI=1S/C18H26N4O2S/c1-16-17(15-22(19-16)18-6-4-3-5-7-18)14-21-10-8-20(9-11-21)12-13-25(2,23)24/h3-7,15H,8-14H2,1-2H3. The Morgan fingerprint density at radius 2 is 1.68 bits per heavy atom. The van der Waals surface area contributed by atoms with Crippen LogP contribution in [0.25, 0.3) is 5.69 Å². The zero-order chi connectivity index (χ0) is 17.9. The molecular formula is C18H26N4O2S. The first-order valence-corrected chi connectivity index (χ1v) is 10.7. The molecule has 1 saturated heterocycles. The van der Waals surface area contributed by atoms with Gasteiger partial charge in [-0.3, -0.25) is 9.80 Å². The van der Waals surface area contributed by atoms with Gasteiger partial charge in [-0.2, -0.15) is 5.10 Å². The molecule has 6 nitrogen and oxygen atoms in total. The molecule has 25 heavy (non-hydrogen) atoms. The molecule has 1 aromatic heterocycles. The third-order valence-corrected chi connectivity index (χ3v) is 5.58. The number of nitrogens with zero attached hydrogens (tertiary/aromatic N) is 4. The predicted octanol–water partition coefficient (Wildman–Crippen LogP) is 1.34. The first-order chi connectivity index (χ1) is 11.9. The maximum atomic E-state index is 11.3. The van der Waals surface area contributed by atoms with Crippen molar-refractivity contribution in [2.75, 3.05) is 44.7 Å². The molecular weight excluding hydrogens is 336 g/mol. The number of sulfone groups is 1. The lowest BCUT2D eigenvalue weighted by atomic mass is 10.2. The Labute approximate surface area is 150 Å². The fraction of sp³-hybridized carbons (Fsp3) is 0.500. The highest BCUT2D eigenvalue weighted by atomic mass is 32.2. The molecule has 0 amide bonds. The van der Waals surface area contributed by atoms with Crippen molar-refractivity contribution in [3.05, 3.63) is 47.8 Å². The van der Waals surface area contributed by atoms with Crippen molar-refractivity contribution >= 4 is 9.84 Å². The Morgan fingerprint density at radius 1 is 1.04 bits per heavy atom. The van der Waals surface area contributed by atoms with Gasteiger partial charge in [0.15, 0.2) is 0 Å². The van der Waals surface area contributed by atoms with Crippen LogP contribution < -0.4 is 0 Å². The van der Waals surface area contributed by atoms with Gasteiger partial charge < -0.3 is 0 Å². The number of aryl methyl sites for hydroxylation is 1. The summed E-state index contributed by atoms with van der Waals surface area (Å²) >= 11 is 0. The van der Waals surface area contributed by atoms with Crippen molar-refractivity contribution in [1.29, 1.82) is 0 Å². The number of piperazine rings is 1. The average molecular weight is 362 g/mol. The average Bonchev–Trinajstić information content (AvgIpc) is 2.95. The summed E-state index contributed by atoms with van der Waals surface area (Å²) in [5.74, 6) is 0.246. The Morgan fingerprint density at radius 3 is 2.32 bits per heavy atom. The van der Waals surface area contributed by atoms with E-state index in [1.165, 1.54) is 11.8 Å². The molecule has 7 heteroatoms. The molecule has 2 aromatic rings. The summed E-state index contributed by atoms with van der Waals surface area (Å²) in [6.45, 7) is 7.33. The lowest BCUT2D eigenvalue weighted by Gasteiger charge is -2.34. The van der Waals surface area contributed by atoms with Crippen molar-refractivity contribution in [3.8, 4) is 5.69 Å². The minimum atomic E-state index is -2.88. The Bertz CT molecular complexity index is 794. The normalized spacial score (nSPS) is 17.0. The largest absolute Gasteiger partial charge is 0.300 e. The summed E-state index contributed by atoms with van der Waals surface area (Å²) in [6.07, 6.45) is 3.41. The quantitative estimate of drug-likeness (QED) is 0.776. The monoisotopic (exact) mass is 362 g/mol. The molecule has 0 aliphatic carbocycles. The second kappa shape index (κ2) is 7.68. The van der Waals surface area contributed by atoms with Gasteiger partial charge in [-0.25, -0.2) is 13.1 Å². The van der Waals surface area contributed by atoms with Crippen LogP contribution in [0, 0.1) is 6.92 Å². The van der Waals surface area contributed by atoms with E-state index in [1.807, 2.05) is 22.9 Å². The topological polar surface area (TPSA) is 58.4 Å². The van der Waals surface area contributed by atoms with Crippen LogP contribution in [0.2, 0.25) is 0 Å². The summed E-state index contributed by atoms with van der Waals surface area (Å²) in [6, 6.07) is 10.1. The summed E-state index contributed by atoms with van der Waals surface area (Å²) in [7, 11) is -2.88. The van der Waals surface area contributed by atoms with Crippen LogP contribution in [-0.2, 0) is 16.4 Å². The van der Waals surface area contributed by atoms with Gasteiger partial charge in [-0.15, -0.1) is 0 Å². The van der Waals surface area contributed by atoms with E-state index in [0.29, 0.717) is 6.54 Å². The molecule has 0 spiro atoms. The lowest BCUT2D eigenvalue weighted by molar-refractivity contribution is 0.132. The second-order valence-electron chi connectivity index (χ2n) is 6.77. The van der Waals surface area contributed by atoms with Gasteiger partial charge in [0.25, 0.3) is 0 Å². The van der Waals surface area contributed by atoms with Gasteiger partial charge >= 0.3 is 0 Å². The molecule has 3 rings (SSSR count). The maximum Gasteiger partial charge on any atom is 0.148 e. The third-order valence-electron chi connectivity index (χ3n) is 4.66. The molecule has 1 aromatic carbocycles. The predicted molar refractivity (Wildman–Crippen MR) is 99.7 cm³/mol. The number of benzene rings is 1. The Kier molecular flexibility index (Phi) is 5.56. The molecule has 136 valence electrons. The van der Waals surface area contributed by atoms with Gasteiger partial charge in [-0.1, -0.05) is 18.2 Å². The minimum Gasteiger partial charge on any atom is -0.300 e. The number of hydrogen-bond donors (Lipinski definition) is 0. The van der Waals surface area contributed by atoms with E-state index in [2.05, 4.69) is 40.2 Å². The maximum absolute atomic E-state index is 11.3. The van der Waals surface area contributed by atoms with Crippen LogP contribution >= 0.6 is 0 Å². The molecule has 0 bridgehead atoms. The van der Waals surface area contributed by atoms with E-state index in [0.717, 1.165) is 44.1 Å². The number of hydrogen-bond acceptors (Lipinski definition) is 5. The van der Waals surface area contributed by atoms with Crippen LogP contribution in [0.5, 0.6) is 0 Å². The van der Waals surface area contributed by atoms with E-state index in [-0.39, 0.29) is 5.75 Å². The second-order valence-corrected chi connectivity index (χ2v) is 9.03. The molecule has 0 N–H and O–H groups in total. The zero-order valence-corrected chi connectivity index (χ0v) is 15.7. The highest BCUT2D eigenvalue weighted by molar-refractivity contribution is 7.90. The number of para-hydroxylation sites is 1. The Hall–Kier alpha value is -1.70. The SMILES string of the molecule is Cc1nn(-c2ccccc2)cc1CN1CCN(CCS(C)(=O)=O)CC1. The van der Waals surface area contributed by atoms with Crippen LogP contribution in [0.15, 0.2) is 36.5 Å². The van der Waals surface area contributed by atoms with E-state index < -0.39 is 9.84 Å². The summed E-state index contributed by atoms with van der Waals surface area (Å²) in [5, 5.41) is 4.63. The fourth-order valence-corrected chi connectivity index (χ4v) is 3.66. The summed E-state index contributed by atoms with van der Waals surface area (Å²) in [5.41, 5.74) is 3.37. The van der Waals surface area contributed by atoms with Crippen molar-refractivity contribution < 1.29 is 8.42 Å². The first kappa shape index (κ1) is 18.1. The van der Waals surface area contributed by atoms with Gasteiger partial charge in [0, 0.05) is 57.3 Å². The summed E-state index contributed by atoms with van der Waals surface area (Å²) in [4.78, 5) is 4.65. The molecule has 1 aliphatic rings. The number of aromatic nitrogens is 2. The zero-order valence-electron chi connectivity index (χ0n) is 14.9. The van der Waals surface area contributed by atoms with Crippen molar-refractivity contribution in [1.82, 2.24) is 19.6 Å². The van der Waals surface area contributed by atoms with Gasteiger partial charge in [0.1, 0.15) is 9.84 Å². The fourth-order valence-electron chi connectivity index (χ4n) is 3.07. The number of rotatable bonds is 6. The van der Waals surface area contributed by atoms with E-state index in [4.69, 9.17) is 0 Å². The molecule has 2 heterocycles. The van der Waals surface area contributed by atoms with E-state index in [9.17, 15) is 8.42 Å². The third kappa shape index (κ3) is 5.14. The lowest BCUT2D eigenvalue weighted by Crippen LogP contribution is -2.47. The smallest absolute Gasteiger partial charge is 0.148 e. The van der Waals surface area contributed by atoms with E-state index >= 15 is 0 Å². The van der Waals surface area contributed by atoms with Crippen molar-refractivity contribution in [2.45, 2.75) is 13.5 Å². The molecule has 0 unspecified atom stereocenters. The van der Waals surface area contributed by atoms with Crippen LogP contribution in [-0.4, -0.2) is 72.7 Å². The van der Waals surface area contributed by atoms with Gasteiger partial charge in [0.2, 0.25) is 0 Å².